The number of ether oxygens (including phenoxy) is 2. The summed E-state index contributed by atoms with van der Waals surface area (Å²) >= 11 is 0. The van der Waals surface area contributed by atoms with E-state index >= 15 is 0 Å². The number of hydrogen-bond acceptors (Lipinski definition) is 5. The van der Waals surface area contributed by atoms with Crippen LogP contribution in [0, 0.1) is 6.92 Å². The summed E-state index contributed by atoms with van der Waals surface area (Å²) in [5.41, 5.74) is 2.83. The number of hydrogen-bond donors (Lipinski definition) is 0. The fraction of sp³-hybridized carbons (Fsp3) is 0.389. The van der Waals surface area contributed by atoms with Gasteiger partial charge in [0, 0.05) is 11.8 Å². The largest absolute Gasteiger partial charge is 0.460 e. The molecule has 1 aliphatic rings. The summed E-state index contributed by atoms with van der Waals surface area (Å²) in [6.45, 7) is 5.61. The van der Waals surface area contributed by atoms with Crippen molar-refractivity contribution in [2.24, 2.45) is 0 Å². The molecule has 5 heteroatoms. The Balaban J connectivity index is 1.99. The van der Waals surface area contributed by atoms with Crippen molar-refractivity contribution < 1.29 is 19.1 Å². The Labute approximate surface area is 134 Å². The topological polar surface area (TPSA) is 65.5 Å². The van der Waals surface area contributed by atoms with Gasteiger partial charge in [-0.25, -0.2) is 9.59 Å². The van der Waals surface area contributed by atoms with Gasteiger partial charge in [0.05, 0.1) is 16.8 Å². The number of cyclic esters (lactones) is 1. The molecular weight excluding hydrogens is 294 g/mol. The monoisotopic (exact) mass is 313 g/mol. The van der Waals surface area contributed by atoms with Gasteiger partial charge in [-0.2, -0.15) is 0 Å². The zero-order valence-corrected chi connectivity index (χ0v) is 13.5. The highest BCUT2D eigenvalue weighted by atomic mass is 16.6. The zero-order valence-electron chi connectivity index (χ0n) is 13.5. The van der Waals surface area contributed by atoms with Crippen LogP contribution in [0.25, 0.3) is 10.9 Å². The van der Waals surface area contributed by atoms with Crippen molar-refractivity contribution >= 4 is 22.8 Å². The minimum atomic E-state index is -0.826. The first-order chi connectivity index (χ1) is 11.0. The summed E-state index contributed by atoms with van der Waals surface area (Å²) in [5.74, 6) is -0.982. The molecule has 1 fully saturated rings. The van der Waals surface area contributed by atoms with E-state index in [1.54, 1.807) is 6.92 Å². The van der Waals surface area contributed by atoms with Gasteiger partial charge in [-0.3, -0.25) is 4.98 Å². The van der Waals surface area contributed by atoms with Crippen LogP contribution in [-0.4, -0.2) is 29.1 Å². The second-order valence-electron chi connectivity index (χ2n) is 5.81. The lowest BCUT2D eigenvalue weighted by molar-refractivity contribution is -0.147. The Hall–Kier alpha value is -2.43. The lowest BCUT2D eigenvalue weighted by Crippen LogP contribution is -2.24. The highest BCUT2D eigenvalue weighted by Gasteiger charge is 2.36. The number of aromatic nitrogens is 1. The fourth-order valence-corrected chi connectivity index (χ4v) is 2.97. The second kappa shape index (κ2) is 5.99. The molecule has 0 amide bonds. The van der Waals surface area contributed by atoms with Gasteiger partial charge in [0.25, 0.3) is 0 Å². The molecule has 0 bridgehead atoms. The molecule has 23 heavy (non-hydrogen) atoms. The smallest absolute Gasteiger partial charge is 0.347 e. The number of carbonyl (C=O) groups is 2. The third-order valence-electron chi connectivity index (χ3n) is 4.14. The summed E-state index contributed by atoms with van der Waals surface area (Å²) in [7, 11) is 0. The van der Waals surface area contributed by atoms with Gasteiger partial charge in [-0.05, 0) is 31.9 Å². The Morgan fingerprint density at radius 3 is 2.78 bits per heavy atom. The highest BCUT2D eigenvalue weighted by Crippen LogP contribution is 2.26. The maximum absolute atomic E-state index is 12.6. The van der Waals surface area contributed by atoms with Crippen molar-refractivity contribution in [3.05, 3.63) is 41.1 Å². The SMILES string of the molecule is CCc1nc2ccccc2c(C)c1C(=O)O[C@H]1C[C@H](C)OC1=O. The number of esters is 2. The molecule has 1 aromatic carbocycles. The molecule has 2 atom stereocenters. The number of aryl methyl sites for hydroxylation is 2. The number of fused-ring (bicyclic) bond motifs is 1. The van der Waals surface area contributed by atoms with Crippen molar-refractivity contribution in [3.63, 3.8) is 0 Å². The molecule has 1 saturated heterocycles. The number of rotatable bonds is 3. The molecule has 1 aromatic heterocycles. The third-order valence-corrected chi connectivity index (χ3v) is 4.14. The van der Waals surface area contributed by atoms with Gasteiger partial charge in [0.15, 0.2) is 0 Å². The van der Waals surface area contributed by atoms with Crippen LogP contribution in [0.5, 0.6) is 0 Å². The summed E-state index contributed by atoms with van der Waals surface area (Å²) in [6.07, 6.45) is -0.0388. The van der Waals surface area contributed by atoms with Crippen LogP contribution in [0.4, 0.5) is 0 Å². The normalized spacial score (nSPS) is 20.6. The highest BCUT2D eigenvalue weighted by molar-refractivity contribution is 5.99. The van der Waals surface area contributed by atoms with E-state index in [0.717, 1.165) is 16.5 Å². The quantitative estimate of drug-likeness (QED) is 0.815. The number of pyridine rings is 1. The molecule has 0 N–H and O–H groups in total. The minimum absolute atomic E-state index is 0.221. The molecule has 0 saturated carbocycles. The van der Waals surface area contributed by atoms with Gasteiger partial charge >= 0.3 is 11.9 Å². The lowest BCUT2D eigenvalue weighted by Gasteiger charge is -2.14. The Kier molecular flexibility index (Phi) is 4.03. The number of nitrogens with zero attached hydrogens (tertiary/aromatic N) is 1. The van der Waals surface area contributed by atoms with Gasteiger partial charge in [-0.15, -0.1) is 0 Å². The summed E-state index contributed by atoms with van der Waals surface area (Å²) in [4.78, 5) is 28.9. The van der Waals surface area contributed by atoms with Crippen LogP contribution in [-0.2, 0) is 20.7 Å². The van der Waals surface area contributed by atoms with Crippen molar-refractivity contribution in [2.75, 3.05) is 0 Å². The third kappa shape index (κ3) is 2.79. The molecule has 1 aliphatic heterocycles. The minimum Gasteiger partial charge on any atom is -0.460 e. The standard InChI is InChI=1S/C18H19NO4/c1-4-13-16(11(3)12-7-5-6-8-14(12)19-13)18(21)23-15-9-10(2)22-17(15)20/h5-8,10,15H,4,9H2,1-3H3/t10-,15-/m0/s1. The maximum atomic E-state index is 12.6. The van der Waals surface area contributed by atoms with Crippen LogP contribution in [0.2, 0.25) is 0 Å². The van der Waals surface area contributed by atoms with Crippen LogP contribution < -0.4 is 0 Å². The first-order valence-electron chi connectivity index (χ1n) is 7.81. The van der Waals surface area contributed by atoms with Crippen LogP contribution in [0.15, 0.2) is 24.3 Å². The van der Waals surface area contributed by atoms with Crippen molar-refractivity contribution in [1.29, 1.82) is 0 Å². The molecule has 2 aromatic rings. The molecule has 0 unspecified atom stereocenters. The van der Waals surface area contributed by atoms with Gasteiger partial charge in [0.1, 0.15) is 6.10 Å². The molecule has 2 heterocycles. The molecule has 0 radical (unpaired) electrons. The van der Waals surface area contributed by atoms with Gasteiger partial charge < -0.3 is 9.47 Å². The molecular formula is C18H19NO4. The Morgan fingerprint density at radius 1 is 1.39 bits per heavy atom. The zero-order chi connectivity index (χ0) is 16.6. The lowest BCUT2D eigenvalue weighted by atomic mass is 10.0. The van der Waals surface area contributed by atoms with Crippen LogP contribution in [0.1, 0.15) is 41.9 Å². The molecule has 120 valence electrons. The fourth-order valence-electron chi connectivity index (χ4n) is 2.97. The Bertz CT molecular complexity index is 784. The predicted molar refractivity (Wildman–Crippen MR) is 85.2 cm³/mol. The van der Waals surface area contributed by atoms with Crippen molar-refractivity contribution in [2.45, 2.75) is 45.8 Å². The molecule has 0 aliphatic carbocycles. The molecule has 5 nitrogen and oxygen atoms in total. The van der Waals surface area contributed by atoms with E-state index in [4.69, 9.17) is 9.47 Å². The van der Waals surface area contributed by atoms with E-state index in [9.17, 15) is 9.59 Å². The van der Waals surface area contributed by atoms with Crippen LogP contribution >= 0.6 is 0 Å². The average Bonchev–Trinajstić information content (AvgIpc) is 2.84. The summed E-state index contributed by atoms with van der Waals surface area (Å²) in [6, 6.07) is 7.68. The van der Waals surface area contributed by atoms with Gasteiger partial charge in [0.2, 0.25) is 6.10 Å². The number of carbonyl (C=O) groups excluding carboxylic acids is 2. The van der Waals surface area contributed by atoms with E-state index in [0.29, 0.717) is 24.1 Å². The second-order valence-corrected chi connectivity index (χ2v) is 5.81. The summed E-state index contributed by atoms with van der Waals surface area (Å²) in [5, 5.41) is 0.916. The Morgan fingerprint density at radius 2 is 2.13 bits per heavy atom. The van der Waals surface area contributed by atoms with E-state index in [1.165, 1.54) is 0 Å². The number of benzene rings is 1. The van der Waals surface area contributed by atoms with E-state index in [-0.39, 0.29) is 6.10 Å². The van der Waals surface area contributed by atoms with E-state index < -0.39 is 18.0 Å². The van der Waals surface area contributed by atoms with E-state index in [2.05, 4.69) is 4.98 Å². The maximum Gasteiger partial charge on any atom is 0.347 e. The predicted octanol–water partition coefficient (Wildman–Crippen LogP) is 2.97. The number of para-hydroxylation sites is 1. The first kappa shape index (κ1) is 15.5. The summed E-state index contributed by atoms with van der Waals surface area (Å²) < 4.78 is 10.4. The van der Waals surface area contributed by atoms with Gasteiger partial charge in [-0.1, -0.05) is 25.1 Å². The van der Waals surface area contributed by atoms with Crippen LogP contribution in [0.3, 0.4) is 0 Å². The molecule has 0 spiro atoms. The van der Waals surface area contributed by atoms with Crippen molar-refractivity contribution in [1.82, 2.24) is 4.98 Å². The van der Waals surface area contributed by atoms with E-state index in [1.807, 2.05) is 38.1 Å². The first-order valence-corrected chi connectivity index (χ1v) is 7.81. The van der Waals surface area contributed by atoms with Crippen molar-refractivity contribution in [3.8, 4) is 0 Å². The molecule has 3 rings (SSSR count). The average molecular weight is 313 g/mol.